The van der Waals surface area contributed by atoms with Gasteiger partial charge in [0.25, 0.3) is 0 Å². The van der Waals surface area contributed by atoms with Gasteiger partial charge >= 0.3 is 0 Å². The van der Waals surface area contributed by atoms with Crippen molar-refractivity contribution in [3.63, 3.8) is 0 Å². The van der Waals surface area contributed by atoms with Gasteiger partial charge in [-0.1, -0.05) is 30.3 Å². The predicted molar refractivity (Wildman–Crippen MR) is 144 cm³/mol. The van der Waals surface area contributed by atoms with Crippen molar-refractivity contribution in [3.05, 3.63) is 83.2 Å². The number of likely N-dealkylation sites (tertiary alicyclic amines) is 1. The van der Waals surface area contributed by atoms with E-state index in [0.29, 0.717) is 5.75 Å². The van der Waals surface area contributed by atoms with Crippen LogP contribution in [0.4, 0.5) is 0 Å². The number of hydrogen-bond donors (Lipinski definition) is 1. The number of nitrogens with zero attached hydrogens (tertiary/aromatic N) is 2. The molecule has 1 saturated heterocycles. The van der Waals surface area contributed by atoms with Crippen LogP contribution in [-0.4, -0.2) is 48.1 Å². The number of Topliss-reactive ketones (excluding diaryl/α,β-unsaturated/α-hetero) is 1. The van der Waals surface area contributed by atoms with Crippen molar-refractivity contribution in [2.45, 2.75) is 49.6 Å². The molecule has 1 amide bonds. The molecule has 2 N–H and O–H groups in total. The van der Waals surface area contributed by atoms with Gasteiger partial charge in [0.05, 0.1) is 24.6 Å². The third-order valence-corrected chi connectivity index (χ3v) is 8.10. The maximum atomic E-state index is 13.5. The lowest BCUT2D eigenvalue weighted by molar-refractivity contribution is -0.123. The summed E-state index contributed by atoms with van der Waals surface area (Å²) in [6.07, 6.45) is 5.33. The minimum Gasteiger partial charge on any atom is -0.496 e. The molecule has 2 fully saturated rings. The summed E-state index contributed by atoms with van der Waals surface area (Å²) in [6.45, 7) is 0.956. The Kier molecular flexibility index (Phi) is 6.27. The van der Waals surface area contributed by atoms with E-state index < -0.39 is 5.41 Å². The van der Waals surface area contributed by atoms with Crippen molar-refractivity contribution in [2.24, 2.45) is 5.73 Å². The molecule has 0 spiro atoms. The normalized spacial score (nSPS) is 20.2. The van der Waals surface area contributed by atoms with Crippen molar-refractivity contribution < 1.29 is 26.7 Å². The minimum absolute atomic E-state index is 0. The van der Waals surface area contributed by atoms with Gasteiger partial charge in [-0.15, -0.1) is 0 Å². The molecule has 2 unspecified atom stereocenters. The number of carbonyl (C=O) groups excluding carboxylic acids is 2. The number of amides is 1. The molecular weight excluding hydrogens is 482 g/mol. The average Bonchev–Trinajstić information content (AvgIpc) is 3.37. The topological polar surface area (TPSA) is 104 Å². The molecule has 38 heavy (non-hydrogen) atoms. The second-order valence-corrected chi connectivity index (χ2v) is 10.3. The van der Waals surface area contributed by atoms with E-state index in [1.807, 2.05) is 60.8 Å². The molecule has 0 bridgehead atoms. The molecule has 1 aromatic heterocycles. The zero-order valence-corrected chi connectivity index (χ0v) is 21.4. The third-order valence-electron chi connectivity index (χ3n) is 8.10. The molecule has 3 heterocycles. The fourth-order valence-electron chi connectivity index (χ4n) is 5.93. The SMILES string of the molecule is COc1ccccc1C(c1ccc(CC(=O)C2(c3ccc4c(c3)OCO4)CC2)nc1)N1CCCC1C(N)=O.[HH].[HH]. The van der Waals surface area contributed by atoms with Crippen LogP contribution in [0.15, 0.2) is 60.8 Å². The Hall–Kier alpha value is -3.91. The van der Waals surface area contributed by atoms with Gasteiger partial charge in [0, 0.05) is 26.7 Å². The maximum absolute atomic E-state index is 13.5. The van der Waals surface area contributed by atoms with E-state index in [2.05, 4.69) is 4.90 Å². The summed E-state index contributed by atoms with van der Waals surface area (Å²) in [6, 6.07) is 16.9. The van der Waals surface area contributed by atoms with Crippen molar-refractivity contribution in [1.82, 2.24) is 9.88 Å². The van der Waals surface area contributed by atoms with Crippen molar-refractivity contribution in [3.8, 4) is 17.2 Å². The lowest BCUT2D eigenvalue weighted by Crippen LogP contribution is -2.42. The fourth-order valence-corrected chi connectivity index (χ4v) is 5.93. The highest BCUT2D eigenvalue weighted by Crippen LogP contribution is 2.51. The van der Waals surface area contributed by atoms with E-state index in [1.165, 1.54) is 0 Å². The average molecular weight is 518 g/mol. The first-order valence-corrected chi connectivity index (χ1v) is 13.1. The van der Waals surface area contributed by atoms with Crippen LogP contribution in [0.5, 0.6) is 17.2 Å². The number of rotatable bonds is 9. The molecule has 1 saturated carbocycles. The first kappa shape index (κ1) is 24.4. The van der Waals surface area contributed by atoms with Gasteiger partial charge in [-0.3, -0.25) is 19.5 Å². The number of benzene rings is 2. The van der Waals surface area contributed by atoms with Gasteiger partial charge < -0.3 is 19.9 Å². The van der Waals surface area contributed by atoms with Crippen molar-refractivity contribution >= 4 is 11.7 Å². The van der Waals surface area contributed by atoms with Crippen LogP contribution in [0, 0.1) is 0 Å². The van der Waals surface area contributed by atoms with Gasteiger partial charge in [0.2, 0.25) is 12.7 Å². The maximum Gasteiger partial charge on any atom is 0.234 e. The Labute approximate surface area is 224 Å². The van der Waals surface area contributed by atoms with Crippen LogP contribution < -0.4 is 19.9 Å². The van der Waals surface area contributed by atoms with Gasteiger partial charge in [0.1, 0.15) is 11.5 Å². The van der Waals surface area contributed by atoms with Crippen LogP contribution in [0.1, 0.15) is 57.0 Å². The van der Waals surface area contributed by atoms with E-state index in [0.717, 1.165) is 66.1 Å². The van der Waals surface area contributed by atoms with E-state index in [1.54, 1.807) is 7.11 Å². The van der Waals surface area contributed by atoms with Crippen LogP contribution >= 0.6 is 0 Å². The van der Waals surface area contributed by atoms with E-state index >= 15 is 0 Å². The number of methoxy groups -OCH3 is 1. The Balaban J connectivity index is 0.00000185. The fraction of sp³-hybridized carbons (Fsp3) is 0.367. The molecule has 8 nitrogen and oxygen atoms in total. The number of para-hydroxylation sites is 1. The van der Waals surface area contributed by atoms with Crippen LogP contribution in [0.3, 0.4) is 0 Å². The minimum atomic E-state index is -0.481. The first-order valence-electron chi connectivity index (χ1n) is 13.1. The number of primary amides is 1. The van der Waals surface area contributed by atoms with E-state index in [-0.39, 0.29) is 39.8 Å². The highest BCUT2D eigenvalue weighted by Gasteiger charge is 2.51. The predicted octanol–water partition coefficient (Wildman–Crippen LogP) is 4.19. The van der Waals surface area contributed by atoms with E-state index in [4.69, 9.17) is 24.9 Å². The molecule has 2 aliphatic heterocycles. The highest BCUT2D eigenvalue weighted by atomic mass is 16.7. The number of ketones is 1. The summed E-state index contributed by atoms with van der Waals surface area (Å²) in [7, 11) is 1.65. The van der Waals surface area contributed by atoms with Gasteiger partial charge in [-0.05, 0) is 67.6 Å². The zero-order valence-electron chi connectivity index (χ0n) is 21.4. The Morgan fingerprint density at radius 2 is 1.97 bits per heavy atom. The standard InChI is InChI=1S/C30H31N3O5.2H2/c1-36-24-7-3-2-5-22(24)28(33-14-4-6-23(33)29(31)35)19-8-10-21(32-17-19)16-27(34)30(12-13-30)20-9-11-25-26(15-20)38-18-37-25;;/h2-3,5,7-11,15,17,23,28H,4,6,12-14,16,18H2,1H3,(H2,31,35);2*1H. The summed E-state index contributed by atoms with van der Waals surface area (Å²) < 4.78 is 16.6. The Morgan fingerprint density at radius 1 is 1.16 bits per heavy atom. The van der Waals surface area contributed by atoms with Crippen molar-refractivity contribution in [2.75, 3.05) is 20.4 Å². The zero-order chi connectivity index (χ0) is 26.3. The second-order valence-electron chi connectivity index (χ2n) is 10.3. The van der Waals surface area contributed by atoms with E-state index in [9.17, 15) is 9.59 Å². The highest BCUT2D eigenvalue weighted by molar-refractivity contribution is 5.94. The summed E-state index contributed by atoms with van der Waals surface area (Å²) >= 11 is 0. The largest absolute Gasteiger partial charge is 0.496 e. The van der Waals surface area contributed by atoms with Gasteiger partial charge in [-0.25, -0.2) is 0 Å². The first-order chi connectivity index (χ1) is 18.5. The lowest BCUT2D eigenvalue weighted by atomic mass is 9.88. The number of hydrogen-bond acceptors (Lipinski definition) is 7. The van der Waals surface area contributed by atoms with Crippen molar-refractivity contribution in [1.29, 1.82) is 0 Å². The molecular formula is C30H35N3O5. The molecule has 6 rings (SSSR count). The molecule has 0 radical (unpaired) electrons. The van der Waals surface area contributed by atoms with Gasteiger partial charge in [0.15, 0.2) is 11.5 Å². The molecule has 2 atom stereocenters. The Bertz CT molecular complexity index is 1380. The number of fused-ring (bicyclic) bond motifs is 1. The number of nitrogens with two attached hydrogens (primary N) is 1. The van der Waals surface area contributed by atoms with Gasteiger partial charge in [-0.2, -0.15) is 0 Å². The third kappa shape index (κ3) is 4.28. The summed E-state index contributed by atoms with van der Waals surface area (Å²) in [5.41, 5.74) is 8.87. The molecule has 3 aliphatic rings. The monoisotopic (exact) mass is 517 g/mol. The molecule has 1 aliphatic carbocycles. The second kappa shape index (κ2) is 9.76. The molecule has 200 valence electrons. The summed E-state index contributed by atoms with van der Waals surface area (Å²) in [4.78, 5) is 32.6. The molecule has 8 heteroatoms. The lowest BCUT2D eigenvalue weighted by Gasteiger charge is -2.33. The molecule has 2 aromatic carbocycles. The van der Waals surface area contributed by atoms with Crippen LogP contribution in [-0.2, 0) is 21.4 Å². The summed E-state index contributed by atoms with van der Waals surface area (Å²) in [5, 5.41) is 0. The number of ether oxygens (including phenoxy) is 3. The number of pyridine rings is 1. The molecule has 3 aromatic rings. The summed E-state index contributed by atoms with van der Waals surface area (Å²) in [5.74, 6) is 1.99. The number of carbonyl (C=O) groups is 2. The van der Waals surface area contributed by atoms with Crippen LogP contribution in [0.2, 0.25) is 0 Å². The smallest absolute Gasteiger partial charge is 0.234 e. The quantitative estimate of drug-likeness (QED) is 0.454. The Morgan fingerprint density at radius 3 is 2.71 bits per heavy atom. The number of aromatic nitrogens is 1. The van der Waals surface area contributed by atoms with Crippen LogP contribution in [0.25, 0.3) is 0 Å².